The summed E-state index contributed by atoms with van der Waals surface area (Å²) < 4.78 is 7.08. The number of hydrogen-bond acceptors (Lipinski definition) is 2. The van der Waals surface area contributed by atoms with Crippen LogP contribution in [0.1, 0.15) is 49.9 Å². The lowest BCUT2D eigenvalue weighted by Crippen LogP contribution is -2.17. The fourth-order valence-electron chi connectivity index (χ4n) is 9.93. The maximum Gasteiger partial charge on any atom is 0.144 e. The maximum absolute atomic E-state index is 7.08. The SMILES string of the molecule is CC1(C)c2ccccc2-c2ccc(N(c3ccccc3)c3ccc4c(c3)-c3c(c5ccccc5c5c3oc3cccc(-c6ccccc6)c35)C4(C)C)cc21. The highest BCUT2D eigenvalue weighted by molar-refractivity contribution is 6.27. The fourth-order valence-corrected chi connectivity index (χ4v) is 9.93. The molecule has 0 N–H and O–H groups in total. The first-order valence-corrected chi connectivity index (χ1v) is 19.0. The van der Waals surface area contributed by atoms with Crippen LogP contribution >= 0.6 is 0 Å². The number of para-hydroxylation sites is 1. The number of anilines is 3. The van der Waals surface area contributed by atoms with Crippen molar-refractivity contribution in [3.05, 3.63) is 186 Å². The minimum absolute atomic E-state index is 0.0995. The lowest BCUT2D eigenvalue weighted by atomic mass is 9.79. The van der Waals surface area contributed by atoms with E-state index in [0.29, 0.717) is 0 Å². The van der Waals surface area contributed by atoms with E-state index in [-0.39, 0.29) is 10.8 Å². The van der Waals surface area contributed by atoms with Crippen LogP contribution in [0.15, 0.2) is 168 Å². The fraction of sp³-hybridized carbons (Fsp3) is 0.115. The molecule has 2 aliphatic rings. The van der Waals surface area contributed by atoms with Gasteiger partial charge in [-0.2, -0.15) is 0 Å². The van der Waals surface area contributed by atoms with Crippen LogP contribution in [0.5, 0.6) is 0 Å². The predicted octanol–water partition coefficient (Wildman–Crippen LogP) is 14.5. The molecular weight excluding hydrogens is 655 g/mol. The Hall–Kier alpha value is -6.38. The van der Waals surface area contributed by atoms with Crippen LogP contribution in [-0.4, -0.2) is 0 Å². The van der Waals surface area contributed by atoms with Crippen molar-refractivity contribution in [3.63, 3.8) is 0 Å². The topological polar surface area (TPSA) is 16.4 Å². The summed E-state index contributed by atoms with van der Waals surface area (Å²) in [6.45, 7) is 9.47. The van der Waals surface area contributed by atoms with Gasteiger partial charge in [0.05, 0.1) is 0 Å². The molecule has 1 aromatic heterocycles. The molecule has 0 bridgehead atoms. The standard InChI is InChI=1S/C52H39NO/c1-51(2)42-24-14-13-20-37(42)38-28-26-35(31-44(38)51)53(33-18-9-6-10-19-33)34-27-29-43-41(30-34)48-49(52(43,3)4)40-22-12-11-21-39(40)47-46-36(32-16-7-5-8-17-32)23-15-25-45(46)54-50(47)48/h5-31H,1-4H3. The molecule has 2 heteroatoms. The van der Waals surface area contributed by atoms with Crippen molar-refractivity contribution in [1.29, 1.82) is 0 Å². The largest absolute Gasteiger partial charge is 0.455 e. The molecule has 2 aliphatic carbocycles. The Labute approximate surface area is 315 Å². The number of fused-ring (bicyclic) bond motifs is 13. The highest BCUT2D eigenvalue weighted by Gasteiger charge is 2.41. The summed E-state index contributed by atoms with van der Waals surface area (Å²) in [7, 11) is 0. The Balaban J connectivity index is 1.18. The zero-order valence-corrected chi connectivity index (χ0v) is 30.9. The van der Waals surface area contributed by atoms with Crippen molar-refractivity contribution in [3.8, 4) is 33.4 Å². The lowest BCUT2D eigenvalue weighted by molar-refractivity contribution is 0.658. The zero-order chi connectivity index (χ0) is 36.3. The maximum atomic E-state index is 7.08. The highest BCUT2D eigenvalue weighted by Crippen LogP contribution is 2.58. The molecule has 0 unspecified atom stereocenters. The molecule has 0 atom stereocenters. The average Bonchev–Trinajstić information content (AvgIpc) is 3.79. The smallest absolute Gasteiger partial charge is 0.144 e. The third-order valence-electron chi connectivity index (χ3n) is 12.4. The molecule has 0 spiro atoms. The molecule has 0 aliphatic heterocycles. The Morgan fingerprint density at radius 3 is 1.87 bits per heavy atom. The minimum atomic E-state index is -0.237. The van der Waals surface area contributed by atoms with E-state index >= 15 is 0 Å². The van der Waals surface area contributed by atoms with E-state index in [1.807, 2.05) is 0 Å². The molecular formula is C52H39NO. The summed E-state index contributed by atoms with van der Waals surface area (Å²) in [4.78, 5) is 2.43. The number of benzene rings is 8. The van der Waals surface area contributed by atoms with Crippen LogP contribution in [0.2, 0.25) is 0 Å². The third-order valence-corrected chi connectivity index (χ3v) is 12.4. The second kappa shape index (κ2) is 11.1. The Morgan fingerprint density at radius 1 is 0.426 bits per heavy atom. The summed E-state index contributed by atoms with van der Waals surface area (Å²) >= 11 is 0. The van der Waals surface area contributed by atoms with Crippen LogP contribution in [0.3, 0.4) is 0 Å². The van der Waals surface area contributed by atoms with Gasteiger partial charge in [-0.25, -0.2) is 0 Å². The lowest BCUT2D eigenvalue weighted by Gasteiger charge is -2.29. The summed E-state index contributed by atoms with van der Waals surface area (Å²) in [6.07, 6.45) is 0. The molecule has 258 valence electrons. The van der Waals surface area contributed by atoms with Crippen molar-refractivity contribution in [2.75, 3.05) is 4.90 Å². The first-order valence-electron chi connectivity index (χ1n) is 19.0. The molecule has 0 amide bonds. The van der Waals surface area contributed by atoms with Crippen LogP contribution in [-0.2, 0) is 10.8 Å². The van der Waals surface area contributed by atoms with Crippen LogP contribution in [0.4, 0.5) is 17.1 Å². The van der Waals surface area contributed by atoms with Crippen molar-refractivity contribution in [1.82, 2.24) is 0 Å². The van der Waals surface area contributed by atoms with Gasteiger partial charge in [-0.15, -0.1) is 0 Å². The van der Waals surface area contributed by atoms with Crippen molar-refractivity contribution >= 4 is 49.8 Å². The van der Waals surface area contributed by atoms with Crippen LogP contribution in [0, 0.1) is 0 Å². The van der Waals surface area contributed by atoms with E-state index in [2.05, 4.69) is 196 Å². The Morgan fingerprint density at radius 2 is 1.06 bits per heavy atom. The molecule has 0 fully saturated rings. The van der Waals surface area contributed by atoms with Gasteiger partial charge in [0.15, 0.2) is 0 Å². The predicted molar refractivity (Wildman–Crippen MR) is 226 cm³/mol. The van der Waals surface area contributed by atoms with Gasteiger partial charge in [0, 0.05) is 44.2 Å². The minimum Gasteiger partial charge on any atom is -0.455 e. The normalized spacial score (nSPS) is 14.6. The summed E-state index contributed by atoms with van der Waals surface area (Å²) in [5.41, 5.74) is 17.8. The van der Waals surface area contributed by atoms with Gasteiger partial charge in [0.25, 0.3) is 0 Å². The van der Waals surface area contributed by atoms with Crippen molar-refractivity contribution in [2.24, 2.45) is 0 Å². The molecule has 11 rings (SSSR count). The van der Waals surface area contributed by atoms with E-state index < -0.39 is 0 Å². The number of furan rings is 1. The van der Waals surface area contributed by atoms with Gasteiger partial charge in [-0.3, -0.25) is 0 Å². The van der Waals surface area contributed by atoms with E-state index in [0.717, 1.165) is 28.2 Å². The average molecular weight is 694 g/mol. The van der Waals surface area contributed by atoms with E-state index in [1.165, 1.54) is 77.2 Å². The molecule has 0 radical (unpaired) electrons. The Kier molecular flexibility index (Phi) is 6.39. The van der Waals surface area contributed by atoms with Crippen LogP contribution < -0.4 is 4.90 Å². The summed E-state index contributed by atoms with van der Waals surface area (Å²) in [6, 6.07) is 60.0. The van der Waals surface area contributed by atoms with E-state index in [1.54, 1.807) is 0 Å². The zero-order valence-electron chi connectivity index (χ0n) is 30.9. The molecule has 8 aromatic carbocycles. The molecule has 0 saturated carbocycles. The van der Waals surface area contributed by atoms with Gasteiger partial charge < -0.3 is 9.32 Å². The second-order valence-electron chi connectivity index (χ2n) is 16.1. The highest BCUT2D eigenvalue weighted by atomic mass is 16.3. The second-order valence-corrected chi connectivity index (χ2v) is 16.1. The molecule has 54 heavy (non-hydrogen) atoms. The quantitative estimate of drug-likeness (QED) is 0.182. The molecule has 0 saturated heterocycles. The molecule has 9 aromatic rings. The van der Waals surface area contributed by atoms with Gasteiger partial charge in [-0.05, 0) is 103 Å². The van der Waals surface area contributed by atoms with E-state index in [9.17, 15) is 0 Å². The van der Waals surface area contributed by atoms with Gasteiger partial charge >= 0.3 is 0 Å². The third kappa shape index (κ3) is 4.17. The first-order chi connectivity index (χ1) is 26.3. The van der Waals surface area contributed by atoms with Gasteiger partial charge in [-0.1, -0.05) is 149 Å². The number of hydrogen-bond donors (Lipinski definition) is 0. The van der Waals surface area contributed by atoms with Crippen molar-refractivity contribution < 1.29 is 4.42 Å². The van der Waals surface area contributed by atoms with E-state index in [4.69, 9.17) is 4.42 Å². The first kappa shape index (κ1) is 31.2. The van der Waals surface area contributed by atoms with Gasteiger partial charge in [0.1, 0.15) is 11.2 Å². The molecule has 1 heterocycles. The molecule has 2 nitrogen and oxygen atoms in total. The number of nitrogens with zero attached hydrogens (tertiary/aromatic N) is 1. The Bertz CT molecular complexity index is 2980. The summed E-state index contributed by atoms with van der Waals surface area (Å²) in [5.74, 6) is 0. The number of rotatable bonds is 4. The summed E-state index contributed by atoms with van der Waals surface area (Å²) in [5, 5.41) is 4.89. The van der Waals surface area contributed by atoms with Crippen LogP contribution in [0.25, 0.3) is 66.1 Å². The van der Waals surface area contributed by atoms with Crippen molar-refractivity contribution in [2.45, 2.75) is 38.5 Å². The monoisotopic (exact) mass is 693 g/mol. The van der Waals surface area contributed by atoms with Gasteiger partial charge in [0.2, 0.25) is 0 Å².